The largest absolute Gasteiger partial charge is 0.458 e. The van der Waals surface area contributed by atoms with Crippen molar-refractivity contribution < 1.29 is 22.7 Å². The molecular formula is C11H15F3I2O2. The molecule has 0 aliphatic heterocycles. The molecule has 0 bridgehead atoms. The molecule has 1 saturated carbocycles. The summed E-state index contributed by atoms with van der Waals surface area (Å²) in [6, 6.07) is 0. The Morgan fingerprint density at radius 3 is 2.17 bits per heavy atom. The highest BCUT2D eigenvalue weighted by Crippen LogP contribution is 2.44. The monoisotopic (exact) mass is 490 g/mol. The number of hydrogen-bond donors (Lipinski definition) is 0. The zero-order valence-corrected chi connectivity index (χ0v) is 14.3. The third kappa shape index (κ3) is 3.24. The highest BCUT2D eigenvalue weighted by Gasteiger charge is 2.60. The van der Waals surface area contributed by atoms with E-state index in [0.29, 0.717) is 19.3 Å². The quantitative estimate of drug-likeness (QED) is 0.332. The normalized spacial score (nSPS) is 22.6. The lowest BCUT2D eigenvalue weighted by Gasteiger charge is -2.33. The third-order valence-corrected chi connectivity index (χ3v) is 7.46. The minimum atomic E-state index is -4.58. The number of alkyl halides is 5. The van der Waals surface area contributed by atoms with Crippen LogP contribution >= 0.6 is 45.2 Å². The molecule has 7 heteroatoms. The van der Waals surface area contributed by atoms with Gasteiger partial charge in [0.1, 0.15) is 5.60 Å². The predicted molar refractivity (Wildman–Crippen MR) is 79.3 cm³/mol. The van der Waals surface area contributed by atoms with E-state index < -0.39 is 21.2 Å². The third-order valence-electron chi connectivity index (χ3n) is 3.43. The van der Waals surface area contributed by atoms with Gasteiger partial charge in [0.15, 0.2) is 0 Å². The van der Waals surface area contributed by atoms with Crippen molar-refractivity contribution in [2.75, 3.05) is 4.43 Å². The number of rotatable bonds is 4. The van der Waals surface area contributed by atoms with E-state index >= 15 is 0 Å². The van der Waals surface area contributed by atoms with E-state index in [1.807, 2.05) is 6.92 Å². The summed E-state index contributed by atoms with van der Waals surface area (Å²) < 4.78 is 41.3. The predicted octanol–water partition coefficient (Wildman–Crippen LogP) is 4.42. The van der Waals surface area contributed by atoms with Gasteiger partial charge in [-0.25, -0.2) is 0 Å². The van der Waals surface area contributed by atoms with Crippen LogP contribution in [-0.4, -0.2) is 25.6 Å². The Morgan fingerprint density at radius 1 is 1.33 bits per heavy atom. The molecule has 2 nitrogen and oxygen atoms in total. The molecule has 1 unspecified atom stereocenters. The van der Waals surface area contributed by atoms with Crippen LogP contribution in [0.4, 0.5) is 13.2 Å². The molecule has 0 saturated heterocycles. The average molecular weight is 490 g/mol. The van der Waals surface area contributed by atoms with E-state index in [4.69, 9.17) is 4.74 Å². The maximum atomic E-state index is 12.9. The van der Waals surface area contributed by atoms with Crippen LogP contribution in [0.2, 0.25) is 0 Å². The maximum Gasteiger partial charge on any atom is 0.414 e. The van der Waals surface area contributed by atoms with Crippen LogP contribution in [0.15, 0.2) is 0 Å². The Morgan fingerprint density at radius 2 is 1.83 bits per heavy atom. The van der Waals surface area contributed by atoms with E-state index in [2.05, 4.69) is 0 Å². The second kappa shape index (κ2) is 6.01. The lowest BCUT2D eigenvalue weighted by Crippen LogP contribution is -2.51. The van der Waals surface area contributed by atoms with Gasteiger partial charge in [0, 0.05) is 4.43 Å². The van der Waals surface area contributed by atoms with Crippen molar-refractivity contribution in [1.29, 1.82) is 0 Å². The molecule has 1 fully saturated rings. The maximum absolute atomic E-state index is 12.9. The van der Waals surface area contributed by atoms with Gasteiger partial charge in [-0.2, -0.15) is 13.2 Å². The number of esters is 1. The number of halogens is 5. The van der Waals surface area contributed by atoms with E-state index in [1.54, 1.807) is 22.6 Å². The van der Waals surface area contributed by atoms with Crippen molar-refractivity contribution in [1.82, 2.24) is 0 Å². The Balaban J connectivity index is 2.86. The molecule has 0 aromatic heterocycles. The molecule has 1 aliphatic carbocycles. The molecule has 0 aromatic carbocycles. The Labute approximate surface area is 132 Å². The Hall–Kier alpha value is 0.720. The molecule has 18 heavy (non-hydrogen) atoms. The number of carbonyl (C=O) groups is 1. The fraction of sp³-hybridized carbons (Fsp3) is 0.909. The average Bonchev–Trinajstić information content (AvgIpc) is 2.75. The van der Waals surface area contributed by atoms with E-state index in [1.165, 1.54) is 22.6 Å². The van der Waals surface area contributed by atoms with Crippen molar-refractivity contribution in [2.45, 2.75) is 54.2 Å². The van der Waals surface area contributed by atoms with Crippen LogP contribution in [0.1, 0.15) is 39.0 Å². The molecule has 1 rings (SSSR count). The fourth-order valence-corrected chi connectivity index (χ4v) is 2.92. The van der Waals surface area contributed by atoms with E-state index in [0.717, 1.165) is 12.8 Å². The number of carbonyl (C=O) groups excluding carboxylic acids is 1. The molecule has 0 heterocycles. The van der Waals surface area contributed by atoms with Gasteiger partial charge < -0.3 is 4.74 Å². The minimum absolute atomic E-state index is 0.340. The first-order valence-electron chi connectivity index (χ1n) is 5.76. The summed E-state index contributed by atoms with van der Waals surface area (Å²) >= 11 is 2.76. The number of ether oxygens (including phenoxy) is 1. The topological polar surface area (TPSA) is 26.3 Å². The summed E-state index contributed by atoms with van der Waals surface area (Å²) in [6.45, 7) is 1.85. The first kappa shape index (κ1) is 16.8. The van der Waals surface area contributed by atoms with Gasteiger partial charge in [-0.1, -0.05) is 52.1 Å². The van der Waals surface area contributed by atoms with Crippen LogP contribution in [-0.2, 0) is 9.53 Å². The van der Waals surface area contributed by atoms with Crippen molar-refractivity contribution in [3.8, 4) is 0 Å². The lowest BCUT2D eigenvalue weighted by atomic mass is 9.98. The molecule has 1 aliphatic rings. The van der Waals surface area contributed by atoms with Crippen molar-refractivity contribution >= 4 is 51.2 Å². The first-order chi connectivity index (χ1) is 8.21. The summed E-state index contributed by atoms with van der Waals surface area (Å²) in [5, 5.41) is 0. The smallest absolute Gasteiger partial charge is 0.414 e. The van der Waals surface area contributed by atoms with Crippen LogP contribution in [0.25, 0.3) is 0 Å². The highest BCUT2D eigenvalue weighted by atomic mass is 127. The summed E-state index contributed by atoms with van der Waals surface area (Å²) in [6.07, 6.45) is -0.858. The fourth-order valence-electron chi connectivity index (χ4n) is 2.07. The van der Waals surface area contributed by atoms with Crippen LogP contribution in [0.5, 0.6) is 0 Å². The molecule has 0 N–H and O–H groups in total. The van der Waals surface area contributed by atoms with Gasteiger partial charge in [0.25, 0.3) is 0 Å². The lowest BCUT2D eigenvalue weighted by molar-refractivity contribution is -0.191. The van der Waals surface area contributed by atoms with E-state index in [-0.39, 0.29) is 4.43 Å². The van der Waals surface area contributed by atoms with Crippen LogP contribution < -0.4 is 0 Å². The summed E-state index contributed by atoms with van der Waals surface area (Å²) in [5.41, 5.74) is -0.676. The molecule has 0 radical (unpaired) electrons. The van der Waals surface area contributed by atoms with Gasteiger partial charge >= 0.3 is 12.1 Å². The second-order valence-electron chi connectivity index (χ2n) is 4.57. The summed E-state index contributed by atoms with van der Waals surface area (Å²) in [7, 11) is 0. The van der Waals surface area contributed by atoms with Gasteiger partial charge in [-0.15, -0.1) is 0 Å². The first-order valence-corrected chi connectivity index (χ1v) is 8.36. The van der Waals surface area contributed by atoms with Crippen molar-refractivity contribution in [3.05, 3.63) is 0 Å². The number of hydrogen-bond acceptors (Lipinski definition) is 2. The zero-order valence-electron chi connectivity index (χ0n) is 9.95. The van der Waals surface area contributed by atoms with Crippen LogP contribution in [0.3, 0.4) is 0 Å². The zero-order chi connectivity index (χ0) is 14.0. The molecule has 0 aromatic rings. The van der Waals surface area contributed by atoms with Gasteiger partial charge in [0.05, 0.1) is 0 Å². The SMILES string of the molecule is CCC1(OC(=O)C(I)(CI)C(F)(F)F)CCCC1. The second-order valence-corrected chi connectivity index (χ2v) is 7.17. The minimum Gasteiger partial charge on any atom is -0.458 e. The Bertz CT molecular complexity index is 314. The molecule has 0 spiro atoms. The molecule has 106 valence electrons. The van der Waals surface area contributed by atoms with Crippen molar-refractivity contribution in [3.63, 3.8) is 0 Å². The summed E-state index contributed by atoms with van der Waals surface area (Å²) in [5.74, 6) is -1.14. The van der Waals surface area contributed by atoms with Gasteiger partial charge in [-0.05, 0) is 32.1 Å². The Kier molecular flexibility index (Phi) is 5.60. The highest BCUT2D eigenvalue weighted by molar-refractivity contribution is 14.1. The van der Waals surface area contributed by atoms with E-state index in [9.17, 15) is 18.0 Å². The standard InChI is InChI=1S/C11H15F3I2O2/c1-2-9(5-3-4-6-9)18-8(17)10(16,7-15)11(12,13)14/h2-7H2,1H3. The van der Waals surface area contributed by atoms with Gasteiger partial charge in [0.2, 0.25) is 3.42 Å². The molecular weight excluding hydrogens is 475 g/mol. The van der Waals surface area contributed by atoms with Crippen molar-refractivity contribution in [2.24, 2.45) is 0 Å². The molecule has 1 atom stereocenters. The molecule has 0 amide bonds. The van der Waals surface area contributed by atoms with Crippen LogP contribution in [0, 0.1) is 0 Å². The summed E-state index contributed by atoms with van der Waals surface area (Å²) in [4.78, 5) is 11.9. The van der Waals surface area contributed by atoms with Gasteiger partial charge in [-0.3, -0.25) is 4.79 Å².